The Labute approximate surface area is 194 Å². The van der Waals surface area contributed by atoms with Crippen molar-refractivity contribution in [1.29, 1.82) is 0 Å². The molecule has 0 spiro atoms. The van der Waals surface area contributed by atoms with Crippen LogP contribution in [-0.2, 0) is 0 Å². The number of nitrogens with one attached hydrogen (secondary N) is 1. The third-order valence-electron chi connectivity index (χ3n) is 5.79. The van der Waals surface area contributed by atoms with Crippen LogP contribution in [0.3, 0.4) is 0 Å². The molecule has 0 fully saturated rings. The van der Waals surface area contributed by atoms with E-state index in [1.807, 2.05) is 68.4 Å². The molecule has 1 aliphatic rings. The van der Waals surface area contributed by atoms with Gasteiger partial charge in [-0.05, 0) is 50.1 Å². The molecule has 1 aromatic heterocycles. The molecular formula is C26H30N4O3. The number of ether oxygens (including phenoxy) is 1. The Balaban J connectivity index is 1.71. The van der Waals surface area contributed by atoms with Gasteiger partial charge in [-0.2, -0.15) is 4.98 Å². The molecule has 0 saturated carbocycles. The molecule has 1 unspecified atom stereocenters. The molecule has 3 aromatic rings. The predicted octanol–water partition coefficient (Wildman–Crippen LogP) is 5.82. The molecule has 0 bridgehead atoms. The predicted molar refractivity (Wildman–Crippen MR) is 127 cm³/mol. The SMILES string of the molecule is CCCCCN1C(=O)NC(c2ccccc2)C(c2nc(-c3ccc(OCC)cc3)no2)=C1C. The molecule has 2 amide bonds. The smallest absolute Gasteiger partial charge is 0.322 e. The minimum absolute atomic E-state index is 0.104. The second kappa shape index (κ2) is 10.3. The number of aromatic nitrogens is 2. The summed E-state index contributed by atoms with van der Waals surface area (Å²) in [4.78, 5) is 19.5. The first kappa shape index (κ1) is 22.6. The van der Waals surface area contributed by atoms with Crippen LogP contribution in [0, 0.1) is 0 Å². The Morgan fingerprint density at radius 2 is 1.82 bits per heavy atom. The molecule has 2 heterocycles. The third kappa shape index (κ3) is 4.92. The molecule has 33 heavy (non-hydrogen) atoms. The number of hydrogen-bond acceptors (Lipinski definition) is 5. The zero-order chi connectivity index (χ0) is 23.2. The summed E-state index contributed by atoms with van der Waals surface area (Å²) >= 11 is 0. The molecule has 1 aliphatic heterocycles. The van der Waals surface area contributed by atoms with E-state index in [4.69, 9.17) is 14.2 Å². The summed E-state index contributed by atoms with van der Waals surface area (Å²) in [7, 11) is 0. The van der Waals surface area contributed by atoms with Crippen LogP contribution in [-0.4, -0.2) is 34.2 Å². The molecule has 7 nitrogen and oxygen atoms in total. The van der Waals surface area contributed by atoms with Crippen LogP contribution >= 0.6 is 0 Å². The first-order valence-electron chi connectivity index (χ1n) is 11.5. The van der Waals surface area contributed by atoms with E-state index in [-0.39, 0.29) is 12.1 Å². The monoisotopic (exact) mass is 446 g/mol. The number of benzene rings is 2. The highest BCUT2D eigenvalue weighted by Gasteiger charge is 2.35. The molecule has 1 atom stereocenters. The van der Waals surface area contributed by atoms with Gasteiger partial charge in [-0.3, -0.25) is 4.90 Å². The van der Waals surface area contributed by atoms with Gasteiger partial charge < -0.3 is 14.6 Å². The normalized spacial score (nSPS) is 16.2. The van der Waals surface area contributed by atoms with Crippen molar-refractivity contribution in [3.05, 3.63) is 71.7 Å². The molecule has 2 aromatic carbocycles. The topological polar surface area (TPSA) is 80.5 Å². The van der Waals surface area contributed by atoms with Gasteiger partial charge in [0.2, 0.25) is 5.82 Å². The largest absolute Gasteiger partial charge is 0.494 e. The van der Waals surface area contributed by atoms with Crippen molar-refractivity contribution in [1.82, 2.24) is 20.4 Å². The Hall–Kier alpha value is -3.61. The van der Waals surface area contributed by atoms with E-state index in [0.29, 0.717) is 24.9 Å². The van der Waals surface area contributed by atoms with Gasteiger partial charge >= 0.3 is 6.03 Å². The van der Waals surface area contributed by atoms with E-state index in [2.05, 4.69) is 17.4 Å². The summed E-state index contributed by atoms with van der Waals surface area (Å²) in [5.41, 5.74) is 3.46. The Kier molecular flexibility index (Phi) is 7.07. The van der Waals surface area contributed by atoms with Gasteiger partial charge in [-0.25, -0.2) is 4.79 Å². The van der Waals surface area contributed by atoms with E-state index in [9.17, 15) is 4.79 Å². The van der Waals surface area contributed by atoms with Gasteiger partial charge in [0.25, 0.3) is 5.89 Å². The van der Waals surface area contributed by atoms with Gasteiger partial charge in [-0.15, -0.1) is 0 Å². The highest BCUT2D eigenvalue weighted by molar-refractivity contribution is 5.86. The fourth-order valence-corrected chi connectivity index (χ4v) is 4.06. The summed E-state index contributed by atoms with van der Waals surface area (Å²) < 4.78 is 11.3. The van der Waals surface area contributed by atoms with E-state index >= 15 is 0 Å². The third-order valence-corrected chi connectivity index (χ3v) is 5.79. The number of nitrogens with zero attached hydrogens (tertiary/aromatic N) is 3. The molecule has 1 N–H and O–H groups in total. The maximum atomic E-state index is 13.0. The lowest BCUT2D eigenvalue weighted by Gasteiger charge is -2.35. The minimum Gasteiger partial charge on any atom is -0.494 e. The van der Waals surface area contributed by atoms with Gasteiger partial charge in [0, 0.05) is 17.8 Å². The minimum atomic E-state index is -0.366. The van der Waals surface area contributed by atoms with Crippen molar-refractivity contribution in [2.75, 3.05) is 13.2 Å². The summed E-state index contributed by atoms with van der Waals surface area (Å²) in [6.45, 7) is 7.32. The Morgan fingerprint density at radius 3 is 2.52 bits per heavy atom. The standard InChI is InChI=1S/C26H30N4O3/c1-4-6-10-17-30-18(3)22(23(27-26(30)31)19-11-8-7-9-12-19)25-28-24(29-33-25)20-13-15-21(16-14-20)32-5-2/h7-9,11-16,23H,4-6,10,17H2,1-3H3,(H,27,31). The van der Waals surface area contributed by atoms with Crippen LogP contribution in [0.15, 0.2) is 64.8 Å². The van der Waals surface area contributed by atoms with E-state index in [1.165, 1.54) is 0 Å². The maximum Gasteiger partial charge on any atom is 0.322 e. The van der Waals surface area contributed by atoms with Crippen LogP contribution in [0.5, 0.6) is 5.75 Å². The molecule has 7 heteroatoms. The molecule has 172 valence electrons. The number of unbranched alkanes of at least 4 members (excludes halogenated alkanes) is 2. The van der Waals surface area contributed by atoms with Crippen LogP contribution in [0.4, 0.5) is 4.79 Å². The van der Waals surface area contributed by atoms with Gasteiger partial charge in [0.05, 0.1) is 18.2 Å². The zero-order valence-corrected chi connectivity index (χ0v) is 19.4. The van der Waals surface area contributed by atoms with E-state index in [1.54, 1.807) is 4.90 Å². The average Bonchev–Trinajstić information content (AvgIpc) is 3.32. The summed E-state index contributed by atoms with van der Waals surface area (Å²) in [5, 5.41) is 7.37. The number of hydrogen-bond donors (Lipinski definition) is 1. The summed E-state index contributed by atoms with van der Waals surface area (Å²) in [5.74, 6) is 1.70. The molecule has 0 radical (unpaired) electrons. The lowest BCUT2D eigenvalue weighted by molar-refractivity contribution is 0.204. The van der Waals surface area contributed by atoms with E-state index in [0.717, 1.165) is 47.4 Å². The van der Waals surface area contributed by atoms with Crippen LogP contribution in [0.2, 0.25) is 0 Å². The lowest BCUT2D eigenvalue weighted by Crippen LogP contribution is -2.46. The van der Waals surface area contributed by atoms with Crippen molar-refractivity contribution in [3.8, 4) is 17.1 Å². The zero-order valence-electron chi connectivity index (χ0n) is 19.4. The van der Waals surface area contributed by atoms with Gasteiger partial charge in [0.1, 0.15) is 5.75 Å². The molecule has 4 rings (SSSR count). The van der Waals surface area contributed by atoms with E-state index < -0.39 is 0 Å². The first-order valence-corrected chi connectivity index (χ1v) is 11.5. The second-order valence-corrected chi connectivity index (χ2v) is 8.03. The number of carbonyl (C=O) groups is 1. The quantitative estimate of drug-likeness (QED) is 0.419. The second-order valence-electron chi connectivity index (χ2n) is 8.03. The summed E-state index contributed by atoms with van der Waals surface area (Å²) in [6, 6.07) is 17.0. The number of rotatable bonds is 9. The van der Waals surface area contributed by atoms with Gasteiger partial charge in [0.15, 0.2) is 0 Å². The number of carbonyl (C=O) groups excluding carboxylic acids is 1. The number of amides is 2. The van der Waals surface area contributed by atoms with Crippen molar-refractivity contribution in [3.63, 3.8) is 0 Å². The highest BCUT2D eigenvalue weighted by Crippen LogP contribution is 2.37. The van der Waals surface area contributed by atoms with Crippen molar-refractivity contribution in [2.24, 2.45) is 0 Å². The molecule has 0 aliphatic carbocycles. The molecular weight excluding hydrogens is 416 g/mol. The fourth-order valence-electron chi connectivity index (χ4n) is 4.06. The van der Waals surface area contributed by atoms with Crippen molar-refractivity contribution < 1.29 is 14.1 Å². The Bertz CT molecular complexity index is 1110. The first-order chi connectivity index (χ1) is 16.1. The van der Waals surface area contributed by atoms with Crippen molar-refractivity contribution >= 4 is 11.6 Å². The van der Waals surface area contributed by atoms with Crippen LogP contribution in [0.1, 0.15) is 57.5 Å². The van der Waals surface area contributed by atoms with Crippen molar-refractivity contribution in [2.45, 2.75) is 46.1 Å². The van der Waals surface area contributed by atoms with Crippen LogP contribution < -0.4 is 10.1 Å². The Morgan fingerprint density at radius 1 is 1.06 bits per heavy atom. The van der Waals surface area contributed by atoms with Crippen LogP contribution in [0.25, 0.3) is 17.0 Å². The fraction of sp³-hybridized carbons (Fsp3) is 0.346. The van der Waals surface area contributed by atoms with Gasteiger partial charge in [-0.1, -0.05) is 55.3 Å². The highest BCUT2D eigenvalue weighted by atomic mass is 16.5. The average molecular weight is 447 g/mol. The number of urea groups is 1. The summed E-state index contributed by atoms with van der Waals surface area (Å²) in [6.07, 6.45) is 3.09. The maximum absolute atomic E-state index is 13.0. The lowest BCUT2D eigenvalue weighted by atomic mass is 9.94. The number of allylic oxidation sites excluding steroid dienone is 1. The molecule has 0 saturated heterocycles.